The fourth-order valence-electron chi connectivity index (χ4n) is 2.18. The molecule has 0 aliphatic rings. The molecule has 0 atom stereocenters. The molecule has 196 valence electrons. The van der Waals surface area contributed by atoms with Crippen LogP contribution in [-0.4, -0.2) is 55.8 Å². The van der Waals surface area contributed by atoms with Crippen molar-refractivity contribution in [2.45, 2.75) is 59.9 Å². The maximum atomic E-state index is 9.61. The summed E-state index contributed by atoms with van der Waals surface area (Å²) in [4.78, 5) is 47.8. The zero-order valence-corrected chi connectivity index (χ0v) is 19.5. The molecule has 0 saturated heterocycles. The summed E-state index contributed by atoms with van der Waals surface area (Å²) in [5.74, 6) is -3.67. The van der Waals surface area contributed by atoms with E-state index < -0.39 is 36.7 Å². The van der Waals surface area contributed by atoms with Gasteiger partial charge in [-0.2, -0.15) is 4.57 Å². The van der Waals surface area contributed by atoms with Crippen molar-refractivity contribution in [1.82, 2.24) is 9.97 Å². The number of nitrogens with two attached hydrogens (primary N) is 1. The summed E-state index contributed by atoms with van der Waals surface area (Å²) < 4.78 is 2.11. The first kappa shape index (κ1) is 33.5. The molecule has 13 nitrogen and oxygen atoms in total. The molecule has 0 spiro atoms. The molecule has 2 aromatic rings. The number of nitrogen functional groups attached to an aromatic ring is 1. The van der Waals surface area contributed by atoms with Crippen LogP contribution in [0.15, 0.2) is 11.7 Å². The van der Waals surface area contributed by atoms with Gasteiger partial charge in [0.25, 0.3) is 0 Å². The number of carboxylic acid groups (broad SMARTS) is 4. The van der Waals surface area contributed by atoms with Crippen molar-refractivity contribution in [3.8, 4) is 0 Å². The molecule has 2 heterocycles. The monoisotopic (exact) mass is 515 g/mol. The highest BCUT2D eigenvalue weighted by Crippen LogP contribution is 2.13. The minimum Gasteiger partial charge on any atom is -0.550 e. The van der Waals surface area contributed by atoms with Gasteiger partial charge in [-0.3, -0.25) is 9.59 Å². The molecule has 2 aromatic heterocycles. The fourth-order valence-corrected chi connectivity index (χ4v) is 3.17. The summed E-state index contributed by atoms with van der Waals surface area (Å²) in [6, 6.07) is 0. The van der Waals surface area contributed by atoms with Crippen LogP contribution in [0.1, 0.15) is 55.1 Å². The van der Waals surface area contributed by atoms with Crippen LogP contribution in [0.5, 0.6) is 0 Å². The number of rotatable bonds is 10. The maximum absolute atomic E-state index is 9.61. The summed E-state index contributed by atoms with van der Waals surface area (Å²) in [5.41, 5.74) is 10.0. The van der Waals surface area contributed by atoms with Gasteiger partial charge in [-0.15, -0.1) is 0 Å². The molecule has 14 heteroatoms. The number of aliphatic hydroxyl groups is 1. The van der Waals surface area contributed by atoms with E-state index in [1.165, 1.54) is 4.88 Å². The summed E-state index contributed by atoms with van der Waals surface area (Å²) in [6.07, 6.45) is 0.937. The van der Waals surface area contributed by atoms with E-state index >= 15 is 0 Å². The van der Waals surface area contributed by atoms with Crippen molar-refractivity contribution in [2.24, 2.45) is 0 Å². The van der Waals surface area contributed by atoms with E-state index in [9.17, 15) is 29.4 Å². The molecule has 0 amide bonds. The third-order valence-corrected chi connectivity index (χ3v) is 5.08. The number of anilines is 1. The molecule has 0 unspecified atom stereocenters. The van der Waals surface area contributed by atoms with Crippen LogP contribution < -0.4 is 20.5 Å². The van der Waals surface area contributed by atoms with Crippen molar-refractivity contribution in [1.29, 1.82) is 0 Å². The van der Waals surface area contributed by atoms with Crippen molar-refractivity contribution in [2.75, 3.05) is 12.3 Å². The normalized spacial score (nSPS) is 9.46. The van der Waals surface area contributed by atoms with Gasteiger partial charge in [-0.1, -0.05) is 18.8 Å². The van der Waals surface area contributed by atoms with Gasteiger partial charge in [-0.25, -0.2) is 9.97 Å². The SMILES string of the molecule is C.Cc1ncc(C[n+]2csc(CCO)c2C)c(N)n1.O=C([O-])CCC(=O)O.O=C([O-])CCC(=O)O. The second-order valence-electron chi connectivity index (χ2n) is 6.69. The number of thiazole rings is 1. The third kappa shape index (κ3) is 15.8. The van der Waals surface area contributed by atoms with Crippen molar-refractivity contribution < 1.29 is 49.3 Å². The average Bonchev–Trinajstić information content (AvgIpc) is 3.08. The average molecular weight is 516 g/mol. The van der Waals surface area contributed by atoms with Crippen molar-refractivity contribution in [3.05, 3.63) is 33.7 Å². The van der Waals surface area contributed by atoms with Crippen LogP contribution in [0, 0.1) is 13.8 Å². The van der Waals surface area contributed by atoms with Crippen LogP contribution >= 0.6 is 11.3 Å². The van der Waals surface area contributed by atoms with E-state index in [0.717, 1.165) is 11.3 Å². The molecule has 2 rings (SSSR count). The zero-order chi connectivity index (χ0) is 26.3. The molecule has 35 heavy (non-hydrogen) atoms. The quantitative estimate of drug-likeness (QED) is 0.263. The van der Waals surface area contributed by atoms with Crippen LogP contribution in [0.25, 0.3) is 0 Å². The molecule has 0 fully saturated rings. The highest BCUT2D eigenvalue weighted by atomic mass is 32.1. The number of aliphatic hydroxyl groups excluding tert-OH is 1. The Morgan fingerprint density at radius 1 is 1.03 bits per heavy atom. The predicted octanol–water partition coefficient (Wildman–Crippen LogP) is -1.55. The Morgan fingerprint density at radius 3 is 1.91 bits per heavy atom. The number of aromatic nitrogens is 3. The summed E-state index contributed by atoms with van der Waals surface area (Å²) >= 11 is 1.65. The number of aliphatic carboxylic acids is 4. The Kier molecular flexibility index (Phi) is 17.0. The zero-order valence-electron chi connectivity index (χ0n) is 18.7. The lowest BCUT2D eigenvalue weighted by Crippen LogP contribution is -2.35. The molecule has 0 radical (unpaired) electrons. The van der Waals surface area contributed by atoms with E-state index in [2.05, 4.69) is 14.5 Å². The highest BCUT2D eigenvalue weighted by Gasteiger charge is 2.17. The number of aryl methyl sites for hydroxylation is 1. The number of hydrogen-bond donors (Lipinski definition) is 4. The summed E-state index contributed by atoms with van der Waals surface area (Å²) in [5, 5.41) is 43.8. The van der Waals surface area contributed by atoms with Crippen molar-refractivity contribution in [3.63, 3.8) is 0 Å². The summed E-state index contributed by atoms with van der Waals surface area (Å²) in [7, 11) is 0. The van der Waals surface area contributed by atoms with Crippen molar-refractivity contribution >= 4 is 41.0 Å². The van der Waals surface area contributed by atoms with Gasteiger partial charge < -0.3 is 40.9 Å². The molecular formula is C21H31N4O9S-. The van der Waals surface area contributed by atoms with Crippen LogP contribution in [0.2, 0.25) is 0 Å². The number of nitrogens with zero attached hydrogens (tertiary/aromatic N) is 3. The lowest BCUT2D eigenvalue weighted by Gasteiger charge is -2.01. The van der Waals surface area contributed by atoms with Gasteiger partial charge in [0, 0.05) is 38.1 Å². The molecule has 0 bridgehead atoms. The standard InChI is InChI=1S/C12H17N4OS.2C4H6O4.CH4/c1-8-11(3-4-17)18-7-16(8)6-10-5-14-9(2)15-12(10)13;2*5-3(6)1-2-4(7)8;/h5,7,17H,3-4,6H2,1-2H3,(H2,13,14,15);2*1-2H2,(H,5,6)(H,7,8);1H4/q+1;;;/p-2. The highest BCUT2D eigenvalue weighted by molar-refractivity contribution is 7.09. The van der Waals surface area contributed by atoms with E-state index in [1.807, 2.05) is 19.4 Å². The Labute approximate surface area is 206 Å². The Balaban J connectivity index is 0. The molecule has 0 aliphatic carbocycles. The largest absolute Gasteiger partial charge is 0.550 e. The molecule has 0 aliphatic heterocycles. The number of carbonyl (C=O) groups is 4. The molecule has 0 aromatic carbocycles. The smallest absolute Gasteiger partial charge is 0.303 e. The minimum atomic E-state index is -1.33. The van der Waals surface area contributed by atoms with E-state index in [-0.39, 0.29) is 26.9 Å². The molecule has 0 saturated carbocycles. The lowest BCUT2D eigenvalue weighted by molar-refractivity contribution is -0.689. The van der Waals surface area contributed by atoms with E-state index in [4.69, 9.17) is 21.1 Å². The lowest BCUT2D eigenvalue weighted by atomic mass is 10.2. The van der Waals surface area contributed by atoms with Gasteiger partial charge in [0.15, 0.2) is 12.2 Å². The maximum Gasteiger partial charge on any atom is 0.303 e. The second kappa shape index (κ2) is 17.8. The second-order valence-corrected chi connectivity index (χ2v) is 7.63. The fraction of sp³-hybridized carbons (Fsp3) is 0.476. The predicted molar refractivity (Wildman–Crippen MR) is 121 cm³/mol. The van der Waals surface area contributed by atoms with Gasteiger partial charge in [0.05, 0.1) is 23.3 Å². The first-order valence-corrected chi connectivity index (χ1v) is 10.7. The van der Waals surface area contributed by atoms with Crippen LogP contribution in [0.3, 0.4) is 0 Å². The Bertz CT molecular complexity index is 924. The first-order valence-electron chi connectivity index (χ1n) is 9.85. The Hall–Kier alpha value is -3.65. The molecular weight excluding hydrogens is 484 g/mol. The van der Waals surface area contributed by atoms with Crippen LogP contribution in [-0.2, 0) is 32.1 Å². The van der Waals surface area contributed by atoms with E-state index in [1.54, 1.807) is 17.5 Å². The number of carbonyl (C=O) groups excluding carboxylic acids is 2. The Morgan fingerprint density at radius 2 is 1.54 bits per heavy atom. The van der Waals surface area contributed by atoms with Crippen LogP contribution in [0.4, 0.5) is 5.82 Å². The molecule has 5 N–H and O–H groups in total. The van der Waals surface area contributed by atoms with Gasteiger partial charge in [0.1, 0.15) is 11.6 Å². The van der Waals surface area contributed by atoms with E-state index in [0.29, 0.717) is 24.6 Å². The summed E-state index contributed by atoms with van der Waals surface area (Å²) in [6.45, 7) is 4.71. The van der Waals surface area contributed by atoms with Gasteiger partial charge >= 0.3 is 11.9 Å². The first-order chi connectivity index (χ1) is 15.9. The minimum absolute atomic E-state index is 0. The topological polar surface area (TPSA) is 231 Å². The van der Waals surface area contributed by atoms with Gasteiger partial charge in [0.2, 0.25) is 5.51 Å². The number of carboxylic acids is 4. The van der Waals surface area contributed by atoms with Gasteiger partial charge in [-0.05, 0) is 19.8 Å². The number of hydrogen-bond acceptors (Lipinski definition) is 11. The third-order valence-electron chi connectivity index (χ3n) is 3.94.